The Labute approximate surface area is 99.8 Å². The molecule has 0 aliphatic heterocycles. The van der Waals surface area contributed by atoms with Crippen LogP contribution in [0.2, 0.25) is 0 Å². The molecule has 1 atom stereocenters. The molecule has 0 aliphatic rings. The zero-order valence-corrected chi connectivity index (χ0v) is 10.3. The van der Waals surface area contributed by atoms with Crippen LogP contribution in [0.15, 0.2) is 41.8 Å². The molecule has 1 nitrogen and oxygen atoms in total. The first-order valence-corrected chi connectivity index (χ1v) is 6.21. The minimum atomic E-state index is 0.160. The van der Waals surface area contributed by atoms with Crippen LogP contribution in [0.25, 0.3) is 0 Å². The van der Waals surface area contributed by atoms with Crippen LogP contribution in [-0.2, 0) is 0 Å². The number of Topliss-reactive ketones (excluding diaryl/α,β-unsaturated/α-hetero) is 1. The van der Waals surface area contributed by atoms with Gasteiger partial charge in [-0.05, 0) is 29.5 Å². The summed E-state index contributed by atoms with van der Waals surface area (Å²) in [5.74, 6) is 0.444. The van der Waals surface area contributed by atoms with Gasteiger partial charge < -0.3 is 0 Å². The number of hydrogen-bond donors (Lipinski definition) is 0. The molecule has 16 heavy (non-hydrogen) atoms. The second-order valence-electron chi connectivity index (χ2n) is 3.89. The first-order chi connectivity index (χ1) is 7.70. The quantitative estimate of drug-likeness (QED) is 0.725. The fourth-order valence-corrected chi connectivity index (χ4v) is 2.77. The third-order valence-corrected chi connectivity index (χ3v) is 3.81. The molecule has 2 heteroatoms. The second kappa shape index (κ2) is 4.62. The summed E-state index contributed by atoms with van der Waals surface area (Å²) in [4.78, 5) is 12.4. The first kappa shape index (κ1) is 11.1. The molecule has 82 valence electrons. The summed E-state index contributed by atoms with van der Waals surface area (Å²) in [7, 11) is 0. The summed E-state index contributed by atoms with van der Waals surface area (Å²) in [5, 5.41) is 1.99. The molecule has 2 rings (SSSR count). The Balaban J connectivity index is 2.38. The smallest absolute Gasteiger partial charge is 0.170 e. The van der Waals surface area contributed by atoms with Crippen molar-refractivity contribution in [2.45, 2.75) is 19.8 Å². The van der Waals surface area contributed by atoms with Gasteiger partial charge in [-0.15, -0.1) is 11.3 Å². The van der Waals surface area contributed by atoms with E-state index in [1.807, 2.05) is 23.6 Å². The molecule has 0 bridgehead atoms. The average molecular weight is 230 g/mol. The molecule has 1 aromatic carbocycles. The van der Waals surface area contributed by atoms with Gasteiger partial charge in [-0.3, -0.25) is 4.79 Å². The highest BCUT2D eigenvalue weighted by Crippen LogP contribution is 2.30. The van der Waals surface area contributed by atoms with E-state index in [-0.39, 0.29) is 11.7 Å². The number of carbonyl (C=O) groups is 1. The van der Waals surface area contributed by atoms with Crippen molar-refractivity contribution >= 4 is 17.1 Å². The number of rotatable bonds is 3. The molecule has 0 amide bonds. The monoisotopic (exact) mass is 230 g/mol. The number of ketones is 1. The lowest BCUT2D eigenvalue weighted by Gasteiger charge is -2.11. The Bertz CT molecular complexity index is 484. The molecule has 1 aromatic heterocycles. The van der Waals surface area contributed by atoms with Gasteiger partial charge in [0.05, 0.1) is 4.88 Å². The zero-order chi connectivity index (χ0) is 11.5. The molecule has 1 unspecified atom stereocenters. The molecular weight excluding hydrogens is 216 g/mol. The number of carbonyl (C=O) groups excluding carboxylic acids is 1. The van der Waals surface area contributed by atoms with Crippen molar-refractivity contribution in [1.29, 1.82) is 0 Å². The minimum absolute atomic E-state index is 0.160. The average Bonchev–Trinajstić information content (AvgIpc) is 2.78. The number of benzene rings is 1. The second-order valence-corrected chi connectivity index (χ2v) is 4.81. The van der Waals surface area contributed by atoms with Crippen molar-refractivity contribution in [2.24, 2.45) is 0 Å². The predicted octanol–water partition coefficient (Wildman–Crippen LogP) is 4.10. The van der Waals surface area contributed by atoms with E-state index >= 15 is 0 Å². The van der Waals surface area contributed by atoms with Crippen LogP contribution in [0.1, 0.15) is 40.6 Å². The van der Waals surface area contributed by atoms with Crippen LogP contribution in [-0.4, -0.2) is 5.78 Å². The molecule has 0 radical (unpaired) electrons. The van der Waals surface area contributed by atoms with Gasteiger partial charge >= 0.3 is 0 Å². The van der Waals surface area contributed by atoms with Crippen LogP contribution >= 0.6 is 11.3 Å². The Kier molecular flexibility index (Phi) is 3.20. The van der Waals surface area contributed by atoms with Crippen molar-refractivity contribution in [3.05, 3.63) is 57.8 Å². The summed E-state index contributed by atoms with van der Waals surface area (Å²) in [5.41, 5.74) is 2.40. The normalized spacial score (nSPS) is 12.4. The first-order valence-electron chi connectivity index (χ1n) is 5.33. The van der Waals surface area contributed by atoms with E-state index in [1.54, 1.807) is 6.92 Å². The van der Waals surface area contributed by atoms with Gasteiger partial charge in [0.1, 0.15) is 0 Å². The molecule has 2 aromatic rings. The summed E-state index contributed by atoms with van der Waals surface area (Å²) in [6.45, 7) is 3.77. The van der Waals surface area contributed by atoms with E-state index in [1.165, 1.54) is 16.9 Å². The molecule has 0 saturated heterocycles. The van der Waals surface area contributed by atoms with Crippen LogP contribution < -0.4 is 0 Å². The zero-order valence-electron chi connectivity index (χ0n) is 9.44. The number of thiophene rings is 1. The lowest BCUT2D eigenvalue weighted by atomic mass is 9.93. The van der Waals surface area contributed by atoms with Gasteiger partial charge in [-0.1, -0.05) is 37.3 Å². The minimum Gasteiger partial charge on any atom is -0.294 e. The maximum Gasteiger partial charge on any atom is 0.170 e. The van der Waals surface area contributed by atoms with Crippen molar-refractivity contribution in [3.8, 4) is 0 Å². The molecule has 0 N–H and O–H groups in total. The van der Waals surface area contributed by atoms with Crippen molar-refractivity contribution in [3.63, 3.8) is 0 Å². The molecule has 0 aliphatic carbocycles. The predicted molar refractivity (Wildman–Crippen MR) is 68.3 cm³/mol. The fourth-order valence-electron chi connectivity index (χ4n) is 1.87. The molecular formula is C14H14OS. The molecule has 0 saturated carbocycles. The lowest BCUT2D eigenvalue weighted by Crippen LogP contribution is -2.00. The van der Waals surface area contributed by atoms with E-state index in [4.69, 9.17) is 0 Å². The van der Waals surface area contributed by atoms with E-state index in [0.29, 0.717) is 0 Å². The Morgan fingerprint density at radius 1 is 1.19 bits per heavy atom. The topological polar surface area (TPSA) is 17.1 Å². The van der Waals surface area contributed by atoms with Gasteiger partial charge in [0.25, 0.3) is 0 Å². The van der Waals surface area contributed by atoms with Crippen molar-refractivity contribution < 1.29 is 4.79 Å². The van der Waals surface area contributed by atoms with Crippen LogP contribution in [0.3, 0.4) is 0 Å². The maximum atomic E-state index is 11.5. The number of hydrogen-bond acceptors (Lipinski definition) is 2. The van der Waals surface area contributed by atoms with Crippen molar-refractivity contribution in [2.75, 3.05) is 0 Å². The van der Waals surface area contributed by atoms with Gasteiger partial charge in [-0.25, -0.2) is 0 Å². The highest BCUT2D eigenvalue weighted by molar-refractivity contribution is 7.12. The highest BCUT2D eigenvalue weighted by Gasteiger charge is 2.15. The van der Waals surface area contributed by atoms with Gasteiger partial charge in [0.2, 0.25) is 0 Å². The largest absolute Gasteiger partial charge is 0.294 e. The van der Waals surface area contributed by atoms with E-state index in [0.717, 1.165) is 10.4 Å². The molecule has 1 heterocycles. The standard InChI is InChI=1S/C14H14OS/c1-10(12-6-4-3-5-7-12)13-8-9-16-14(13)11(2)15/h3-10H,1-2H3. The van der Waals surface area contributed by atoms with Crippen molar-refractivity contribution in [1.82, 2.24) is 0 Å². The van der Waals surface area contributed by atoms with Gasteiger partial charge in [0.15, 0.2) is 5.78 Å². The maximum absolute atomic E-state index is 11.5. The van der Waals surface area contributed by atoms with E-state index in [2.05, 4.69) is 25.1 Å². The summed E-state index contributed by atoms with van der Waals surface area (Å²) >= 11 is 1.53. The SMILES string of the molecule is CC(=O)c1sccc1C(C)c1ccccc1. The van der Waals surface area contributed by atoms with Crippen LogP contribution in [0, 0.1) is 0 Å². The summed E-state index contributed by atoms with van der Waals surface area (Å²) in [6.07, 6.45) is 0. The molecule has 0 spiro atoms. The third-order valence-electron chi connectivity index (χ3n) is 2.78. The third kappa shape index (κ3) is 2.07. The summed E-state index contributed by atoms with van der Waals surface area (Å²) < 4.78 is 0. The van der Waals surface area contributed by atoms with E-state index in [9.17, 15) is 4.79 Å². The lowest BCUT2D eigenvalue weighted by molar-refractivity contribution is 0.102. The van der Waals surface area contributed by atoms with Crippen LogP contribution in [0.4, 0.5) is 0 Å². The van der Waals surface area contributed by atoms with Crippen LogP contribution in [0.5, 0.6) is 0 Å². The van der Waals surface area contributed by atoms with E-state index < -0.39 is 0 Å². The fraction of sp³-hybridized carbons (Fsp3) is 0.214. The summed E-state index contributed by atoms with van der Waals surface area (Å²) in [6, 6.07) is 12.3. The highest BCUT2D eigenvalue weighted by atomic mass is 32.1. The Hall–Kier alpha value is -1.41. The Morgan fingerprint density at radius 2 is 1.88 bits per heavy atom. The Morgan fingerprint density at radius 3 is 2.50 bits per heavy atom. The molecule has 0 fully saturated rings. The van der Waals surface area contributed by atoms with Gasteiger partial charge in [-0.2, -0.15) is 0 Å². The van der Waals surface area contributed by atoms with Gasteiger partial charge in [0, 0.05) is 5.92 Å².